The van der Waals surface area contributed by atoms with Crippen molar-refractivity contribution in [2.24, 2.45) is 0 Å². The van der Waals surface area contributed by atoms with Gasteiger partial charge in [-0.1, -0.05) is 25.0 Å². The lowest BCUT2D eigenvalue weighted by atomic mass is 10.0. The highest BCUT2D eigenvalue weighted by Crippen LogP contribution is 2.26. The van der Waals surface area contributed by atoms with Crippen molar-refractivity contribution in [3.8, 4) is 11.1 Å². The average molecular weight is 351 g/mol. The second kappa shape index (κ2) is 7.46. The minimum absolute atomic E-state index is 0.301. The second-order valence-corrected chi connectivity index (χ2v) is 7.25. The number of benzene rings is 1. The SMILES string of the molecule is O=C(O)c1cccc(-c2ccc(N3CCN(C4CCCC4)CC3)nc2)c1. The smallest absolute Gasteiger partial charge is 0.335 e. The van der Waals surface area contributed by atoms with Crippen molar-refractivity contribution in [3.63, 3.8) is 0 Å². The predicted octanol–water partition coefficient (Wildman–Crippen LogP) is 3.51. The molecule has 26 heavy (non-hydrogen) atoms. The molecule has 2 aromatic rings. The number of piperazine rings is 1. The van der Waals surface area contributed by atoms with Gasteiger partial charge in [0.15, 0.2) is 0 Å². The third kappa shape index (κ3) is 3.58. The maximum atomic E-state index is 11.1. The molecule has 1 aliphatic heterocycles. The molecule has 4 rings (SSSR count). The van der Waals surface area contributed by atoms with Crippen LogP contribution in [-0.4, -0.2) is 53.2 Å². The minimum Gasteiger partial charge on any atom is -0.478 e. The third-order valence-electron chi connectivity index (χ3n) is 5.67. The molecular weight excluding hydrogens is 326 g/mol. The first kappa shape index (κ1) is 17.0. The quantitative estimate of drug-likeness (QED) is 0.913. The van der Waals surface area contributed by atoms with Crippen molar-refractivity contribution in [2.75, 3.05) is 31.1 Å². The number of carboxylic acid groups (broad SMARTS) is 1. The molecule has 0 amide bonds. The second-order valence-electron chi connectivity index (χ2n) is 7.25. The summed E-state index contributed by atoms with van der Waals surface area (Å²) >= 11 is 0. The summed E-state index contributed by atoms with van der Waals surface area (Å²) in [6, 6.07) is 11.9. The van der Waals surface area contributed by atoms with Crippen molar-refractivity contribution in [2.45, 2.75) is 31.7 Å². The number of hydrogen-bond donors (Lipinski definition) is 1. The van der Waals surface area contributed by atoms with E-state index in [-0.39, 0.29) is 0 Å². The summed E-state index contributed by atoms with van der Waals surface area (Å²) in [5.41, 5.74) is 2.13. The zero-order chi connectivity index (χ0) is 17.9. The van der Waals surface area contributed by atoms with E-state index >= 15 is 0 Å². The van der Waals surface area contributed by atoms with Crippen LogP contribution in [0.15, 0.2) is 42.6 Å². The van der Waals surface area contributed by atoms with Gasteiger partial charge in [0.05, 0.1) is 5.56 Å². The molecule has 0 atom stereocenters. The Balaban J connectivity index is 1.42. The molecule has 2 heterocycles. The van der Waals surface area contributed by atoms with Gasteiger partial charge < -0.3 is 10.0 Å². The fourth-order valence-electron chi connectivity index (χ4n) is 4.16. The Morgan fingerprint density at radius 1 is 1.00 bits per heavy atom. The normalized spacial score (nSPS) is 19.0. The molecule has 1 aromatic heterocycles. The number of nitrogens with zero attached hydrogens (tertiary/aromatic N) is 3. The number of rotatable bonds is 4. The molecule has 1 N–H and O–H groups in total. The molecule has 1 saturated heterocycles. The molecule has 1 aliphatic carbocycles. The monoisotopic (exact) mass is 351 g/mol. The molecule has 1 aromatic carbocycles. The molecule has 2 fully saturated rings. The third-order valence-corrected chi connectivity index (χ3v) is 5.67. The van der Waals surface area contributed by atoms with Crippen LogP contribution in [0.5, 0.6) is 0 Å². The van der Waals surface area contributed by atoms with Crippen LogP contribution in [0.25, 0.3) is 11.1 Å². The van der Waals surface area contributed by atoms with Gasteiger partial charge in [-0.15, -0.1) is 0 Å². The highest BCUT2D eigenvalue weighted by molar-refractivity contribution is 5.89. The van der Waals surface area contributed by atoms with Crippen LogP contribution in [0.3, 0.4) is 0 Å². The number of hydrogen-bond acceptors (Lipinski definition) is 4. The fraction of sp³-hybridized carbons (Fsp3) is 0.429. The summed E-state index contributed by atoms with van der Waals surface area (Å²) in [5.74, 6) is 0.103. The maximum Gasteiger partial charge on any atom is 0.335 e. The minimum atomic E-state index is -0.906. The standard InChI is InChI=1S/C21H25N3O2/c25-21(26)17-5-3-4-16(14-17)18-8-9-20(22-15-18)24-12-10-23(11-13-24)19-6-1-2-7-19/h3-5,8-9,14-15,19H,1-2,6-7,10-13H2,(H,25,26). The van der Waals surface area contributed by atoms with Crippen LogP contribution in [0, 0.1) is 0 Å². The molecule has 1 saturated carbocycles. The van der Waals surface area contributed by atoms with Crippen molar-refractivity contribution in [1.29, 1.82) is 0 Å². The van der Waals surface area contributed by atoms with E-state index < -0.39 is 5.97 Å². The molecule has 2 aliphatic rings. The first-order valence-electron chi connectivity index (χ1n) is 9.49. The highest BCUT2D eigenvalue weighted by atomic mass is 16.4. The lowest BCUT2D eigenvalue weighted by Gasteiger charge is -2.38. The van der Waals surface area contributed by atoms with Gasteiger partial charge >= 0.3 is 5.97 Å². The lowest BCUT2D eigenvalue weighted by Crippen LogP contribution is -2.49. The molecular formula is C21H25N3O2. The lowest BCUT2D eigenvalue weighted by molar-refractivity contribution is 0.0697. The largest absolute Gasteiger partial charge is 0.478 e. The number of pyridine rings is 1. The Bertz CT molecular complexity index is 761. The van der Waals surface area contributed by atoms with Gasteiger partial charge in [-0.25, -0.2) is 9.78 Å². The average Bonchev–Trinajstić information content (AvgIpc) is 3.23. The molecule has 0 unspecified atom stereocenters. The van der Waals surface area contributed by atoms with Crippen LogP contribution in [0.1, 0.15) is 36.0 Å². The zero-order valence-corrected chi connectivity index (χ0v) is 15.0. The molecule has 0 bridgehead atoms. The van der Waals surface area contributed by atoms with Crippen LogP contribution in [-0.2, 0) is 0 Å². The Morgan fingerprint density at radius 2 is 1.77 bits per heavy atom. The van der Waals surface area contributed by atoms with E-state index in [1.54, 1.807) is 18.2 Å². The summed E-state index contributed by atoms with van der Waals surface area (Å²) in [6.45, 7) is 4.29. The van der Waals surface area contributed by atoms with Crippen molar-refractivity contribution in [1.82, 2.24) is 9.88 Å². The summed E-state index contributed by atoms with van der Waals surface area (Å²) in [7, 11) is 0. The highest BCUT2D eigenvalue weighted by Gasteiger charge is 2.26. The number of aromatic carboxylic acids is 1. The van der Waals surface area contributed by atoms with Gasteiger partial charge in [-0.3, -0.25) is 4.90 Å². The fourth-order valence-corrected chi connectivity index (χ4v) is 4.16. The van der Waals surface area contributed by atoms with E-state index in [1.807, 2.05) is 24.4 Å². The van der Waals surface area contributed by atoms with Gasteiger partial charge in [0.1, 0.15) is 5.82 Å². The number of aromatic nitrogens is 1. The molecule has 5 heteroatoms. The van der Waals surface area contributed by atoms with E-state index in [9.17, 15) is 4.79 Å². The first-order valence-corrected chi connectivity index (χ1v) is 9.49. The summed E-state index contributed by atoms with van der Waals surface area (Å²) in [4.78, 5) is 20.8. The van der Waals surface area contributed by atoms with E-state index in [0.717, 1.165) is 49.2 Å². The first-order chi connectivity index (χ1) is 12.7. The van der Waals surface area contributed by atoms with E-state index in [4.69, 9.17) is 5.11 Å². The van der Waals surface area contributed by atoms with Crippen LogP contribution < -0.4 is 4.90 Å². The number of carboxylic acids is 1. The van der Waals surface area contributed by atoms with Gasteiger partial charge in [0.2, 0.25) is 0 Å². The molecule has 136 valence electrons. The van der Waals surface area contributed by atoms with Gasteiger partial charge in [-0.2, -0.15) is 0 Å². The maximum absolute atomic E-state index is 11.1. The van der Waals surface area contributed by atoms with Gasteiger partial charge in [0.25, 0.3) is 0 Å². The summed E-state index contributed by atoms with van der Waals surface area (Å²) in [5, 5.41) is 9.14. The molecule has 0 radical (unpaired) electrons. The Kier molecular flexibility index (Phi) is 4.89. The zero-order valence-electron chi connectivity index (χ0n) is 15.0. The van der Waals surface area contributed by atoms with Crippen LogP contribution >= 0.6 is 0 Å². The van der Waals surface area contributed by atoms with Crippen LogP contribution in [0.2, 0.25) is 0 Å². The summed E-state index contributed by atoms with van der Waals surface area (Å²) < 4.78 is 0. The Labute approximate surface area is 154 Å². The van der Waals surface area contributed by atoms with Crippen molar-refractivity contribution < 1.29 is 9.90 Å². The van der Waals surface area contributed by atoms with Gasteiger partial charge in [-0.05, 0) is 42.7 Å². The molecule has 5 nitrogen and oxygen atoms in total. The Hall–Kier alpha value is -2.40. The van der Waals surface area contributed by atoms with Crippen molar-refractivity contribution >= 4 is 11.8 Å². The number of carbonyl (C=O) groups is 1. The van der Waals surface area contributed by atoms with Crippen LogP contribution in [0.4, 0.5) is 5.82 Å². The van der Waals surface area contributed by atoms with Crippen molar-refractivity contribution in [3.05, 3.63) is 48.2 Å². The number of anilines is 1. The van der Waals surface area contributed by atoms with E-state index in [2.05, 4.69) is 14.8 Å². The predicted molar refractivity (Wildman–Crippen MR) is 103 cm³/mol. The van der Waals surface area contributed by atoms with Gasteiger partial charge in [0, 0.05) is 44.0 Å². The summed E-state index contributed by atoms with van der Waals surface area (Å²) in [6.07, 6.45) is 7.35. The Morgan fingerprint density at radius 3 is 2.42 bits per heavy atom. The molecule has 0 spiro atoms. The van der Waals surface area contributed by atoms with E-state index in [0.29, 0.717) is 5.56 Å². The van der Waals surface area contributed by atoms with E-state index in [1.165, 1.54) is 25.7 Å². The topological polar surface area (TPSA) is 56.7 Å².